The van der Waals surface area contributed by atoms with Crippen molar-refractivity contribution in [1.82, 2.24) is 10.2 Å². The van der Waals surface area contributed by atoms with Crippen molar-refractivity contribution < 1.29 is 27.9 Å². The SMILES string of the molecule is CN(Cc1ccc(C(=O)O)cc1)C(=O)NCC(F)(F)F. The first-order chi connectivity index (χ1) is 9.19. The van der Waals surface area contributed by atoms with Crippen LogP contribution in [0.2, 0.25) is 0 Å². The van der Waals surface area contributed by atoms with Crippen LogP contribution >= 0.6 is 0 Å². The van der Waals surface area contributed by atoms with Crippen LogP contribution in [0, 0.1) is 0 Å². The van der Waals surface area contributed by atoms with E-state index in [1.54, 1.807) is 5.32 Å². The molecule has 0 aliphatic carbocycles. The van der Waals surface area contributed by atoms with Gasteiger partial charge >= 0.3 is 18.2 Å². The molecule has 20 heavy (non-hydrogen) atoms. The van der Waals surface area contributed by atoms with Crippen molar-refractivity contribution >= 4 is 12.0 Å². The maximum absolute atomic E-state index is 11.9. The number of aromatic carboxylic acids is 1. The van der Waals surface area contributed by atoms with E-state index in [2.05, 4.69) is 0 Å². The number of alkyl halides is 3. The topological polar surface area (TPSA) is 69.6 Å². The second kappa shape index (κ2) is 6.27. The molecule has 0 unspecified atom stereocenters. The summed E-state index contributed by atoms with van der Waals surface area (Å²) in [5.41, 5.74) is 0.706. The summed E-state index contributed by atoms with van der Waals surface area (Å²) >= 11 is 0. The molecular weight excluding hydrogens is 277 g/mol. The predicted octanol–water partition coefficient (Wildman–Crippen LogP) is 2.09. The third-order valence-corrected chi connectivity index (χ3v) is 2.41. The third kappa shape index (κ3) is 5.17. The standard InChI is InChI=1S/C12H13F3N2O3/c1-17(11(20)16-7-12(13,14)15)6-8-2-4-9(5-3-8)10(18)19/h2-5H,6-7H2,1H3,(H,16,20)(H,18,19). The van der Waals surface area contributed by atoms with E-state index in [9.17, 15) is 22.8 Å². The minimum absolute atomic E-state index is 0.0730. The van der Waals surface area contributed by atoms with Gasteiger partial charge in [-0.3, -0.25) is 0 Å². The molecule has 0 aliphatic rings. The Balaban J connectivity index is 2.55. The summed E-state index contributed by atoms with van der Waals surface area (Å²) in [7, 11) is 1.34. The van der Waals surface area contributed by atoms with Gasteiger partial charge in [-0.05, 0) is 17.7 Å². The van der Waals surface area contributed by atoms with Crippen LogP contribution in [0.3, 0.4) is 0 Å². The van der Waals surface area contributed by atoms with Gasteiger partial charge in [-0.25, -0.2) is 9.59 Å². The molecule has 0 saturated heterocycles. The average Bonchev–Trinajstić information content (AvgIpc) is 2.35. The Morgan fingerprint density at radius 1 is 1.25 bits per heavy atom. The van der Waals surface area contributed by atoms with Crippen molar-refractivity contribution in [3.05, 3.63) is 35.4 Å². The van der Waals surface area contributed by atoms with Gasteiger partial charge in [0, 0.05) is 13.6 Å². The molecule has 0 spiro atoms. The van der Waals surface area contributed by atoms with Crippen LogP contribution in [0.15, 0.2) is 24.3 Å². The number of carbonyl (C=O) groups excluding carboxylic acids is 1. The molecule has 8 heteroatoms. The van der Waals surface area contributed by atoms with Gasteiger partial charge in [-0.15, -0.1) is 0 Å². The summed E-state index contributed by atoms with van der Waals surface area (Å²) in [4.78, 5) is 23.1. The van der Waals surface area contributed by atoms with Gasteiger partial charge in [-0.2, -0.15) is 13.2 Å². The van der Waals surface area contributed by atoms with Crippen molar-refractivity contribution in [2.45, 2.75) is 12.7 Å². The number of carboxylic acid groups (broad SMARTS) is 1. The van der Waals surface area contributed by atoms with Crippen LogP contribution in [-0.2, 0) is 6.54 Å². The van der Waals surface area contributed by atoms with Gasteiger partial charge in [0.15, 0.2) is 0 Å². The van der Waals surface area contributed by atoms with E-state index in [0.29, 0.717) is 5.56 Å². The Labute approximate surface area is 113 Å². The molecule has 2 amide bonds. The molecule has 110 valence electrons. The number of carbonyl (C=O) groups is 2. The second-order valence-electron chi connectivity index (χ2n) is 4.13. The molecule has 1 aromatic carbocycles. The Kier molecular flexibility index (Phi) is 4.95. The lowest BCUT2D eigenvalue weighted by atomic mass is 10.1. The van der Waals surface area contributed by atoms with Gasteiger partial charge < -0.3 is 15.3 Å². The number of hydrogen-bond donors (Lipinski definition) is 2. The first kappa shape index (κ1) is 15.8. The van der Waals surface area contributed by atoms with Gasteiger partial charge in [0.25, 0.3) is 0 Å². The monoisotopic (exact) mass is 290 g/mol. The number of urea groups is 1. The Hall–Kier alpha value is -2.25. The number of halogens is 3. The van der Waals surface area contributed by atoms with Crippen LogP contribution < -0.4 is 5.32 Å². The molecule has 0 aromatic heterocycles. The van der Waals surface area contributed by atoms with Crippen LogP contribution in [0.5, 0.6) is 0 Å². The molecule has 0 bridgehead atoms. The van der Waals surface area contributed by atoms with E-state index < -0.39 is 24.7 Å². The largest absolute Gasteiger partial charge is 0.478 e. The number of hydrogen-bond acceptors (Lipinski definition) is 2. The maximum Gasteiger partial charge on any atom is 0.405 e. The number of benzene rings is 1. The van der Waals surface area contributed by atoms with Gasteiger partial charge in [0.05, 0.1) is 5.56 Å². The average molecular weight is 290 g/mol. The van der Waals surface area contributed by atoms with Crippen LogP contribution in [0.1, 0.15) is 15.9 Å². The van der Waals surface area contributed by atoms with E-state index in [-0.39, 0.29) is 12.1 Å². The Morgan fingerprint density at radius 3 is 2.25 bits per heavy atom. The highest BCUT2D eigenvalue weighted by Crippen LogP contribution is 2.12. The highest BCUT2D eigenvalue weighted by atomic mass is 19.4. The van der Waals surface area contributed by atoms with Crippen LogP contribution in [-0.4, -0.2) is 41.8 Å². The van der Waals surface area contributed by atoms with Gasteiger partial charge in [-0.1, -0.05) is 12.1 Å². The summed E-state index contributed by atoms with van der Waals surface area (Å²) in [6, 6.07) is 4.86. The van der Waals surface area contributed by atoms with Crippen LogP contribution in [0.4, 0.5) is 18.0 Å². The highest BCUT2D eigenvalue weighted by Gasteiger charge is 2.28. The zero-order chi connectivity index (χ0) is 15.3. The summed E-state index contributed by atoms with van der Waals surface area (Å²) in [5.74, 6) is -1.08. The van der Waals surface area contributed by atoms with Gasteiger partial charge in [0.2, 0.25) is 0 Å². The van der Waals surface area contributed by atoms with E-state index in [1.807, 2.05) is 0 Å². The zero-order valence-electron chi connectivity index (χ0n) is 10.6. The van der Waals surface area contributed by atoms with Crippen molar-refractivity contribution in [1.29, 1.82) is 0 Å². The lowest BCUT2D eigenvalue weighted by Crippen LogP contribution is -2.41. The minimum Gasteiger partial charge on any atom is -0.478 e. The van der Waals surface area contributed by atoms with E-state index in [0.717, 1.165) is 4.90 Å². The molecule has 2 N–H and O–H groups in total. The molecule has 0 fully saturated rings. The van der Waals surface area contributed by atoms with Crippen molar-refractivity contribution in [2.75, 3.05) is 13.6 Å². The molecule has 0 aliphatic heterocycles. The number of rotatable bonds is 4. The number of amides is 2. The Morgan fingerprint density at radius 2 is 1.80 bits per heavy atom. The Bertz CT molecular complexity index is 486. The van der Waals surface area contributed by atoms with Crippen molar-refractivity contribution in [3.8, 4) is 0 Å². The normalized spacial score (nSPS) is 11.0. The number of nitrogens with one attached hydrogen (secondary N) is 1. The van der Waals surface area contributed by atoms with E-state index in [4.69, 9.17) is 5.11 Å². The second-order valence-corrected chi connectivity index (χ2v) is 4.13. The fraction of sp³-hybridized carbons (Fsp3) is 0.333. The smallest absolute Gasteiger partial charge is 0.405 e. The third-order valence-electron chi connectivity index (χ3n) is 2.41. The summed E-state index contributed by atoms with van der Waals surface area (Å²) in [6.07, 6.45) is -4.46. The number of carboxylic acids is 1. The fourth-order valence-corrected chi connectivity index (χ4v) is 1.41. The van der Waals surface area contributed by atoms with Crippen molar-refractivity contribution in [2.24, 2.45) is 0 Å². The lowest BCUT2D eigenvalue weighted by molar-refractivity contribution is -0.123. The van der Waals surface area contributed by atoms with Gasteiger partial charge in [0.1, 0.15) is 6.54 Å². The summed E-state index contributed by atoms with van der Waals surface area (Å²) < 4.78 is 35.8. The molecule has 0 radical (unpaired) electrons. The summed E-state index contributed by atoms with van der Waals surface area (Å²) in [6.45, 7) is -1.32. The fourth-order valence-electron chi connectivity index (χ4n) is 1.41. The molecule has 0 saturated carbocycles. The maximum atomic E-state index is 11.9. The molecule has 0 atom stereocenters. The molecular formula is C12H13F3N2O3. The van der Waals surface area contributed by atoms with E-state index >= 15 is 0 Å². The summed E-state index contributed by atoms with van der Waals surface area (Å²) in [5, 5.41) is 10.5. The number of nitrogens with zero attached hydrogens (tertiary/aromatic N) is 1. The highest BCUT2D eigenvalue weighted by molar-refractivity contribution is 5.87. The first-order valence-electron chi connectivity index (χ1n) is 5.57. The van der Waals surface area contributed by atoms with Crippen molar-refractivity contribution in [3.63, 3.8) is 0 Å². The van der Waals surface area contributed by atoms with E-state index in [1.165, 1.54) is 31.3 Å². The minimum atomic E-state index is -4.46. The first-order valence-corrected chi connectivity index (χ1v) is 5.57. The predicted molar refractivity (Wildman–Crippen MR) is 64.3 cm³/mol. The lowest BCUT2D eigenvalue weighted by Gasteiger charge is -2.18. The van der Waals surface area contributed by atoms with Crippen LogP contribution in [0.25, 0.3) is 0 Å². The quantitative estimate of drug-likeness (QED) is 0.892. The molecule has 0 heterocycles. The molecule has 1 rings (SSSR count). The molecule has 1 aromatic rings. The molecule has 5 nitrogen and oxygen atoms in total. The zero-order valence-corrected chi connectivity index (χ0v) is 10.6.